The molecular formula is C24H22N2O3. The number of carboxylic acid groups (broad SMARTS) is 1. The Morgan fingerprint density at radius 3 is 2.45 bits per heavy atom. The first-order valence-corrected chi connectivity index (χ1v) is 9.62. The number of nitrogens with zero attached hydrogens (tertiary/aromatic N) is 2. The second-order valence-corrected chi connectivity index (χ2v) is 6.86. The van der Waals surface area contributed by atoms with Gasteiger partial charge in [0.25, 0.3) is 0 Å². The quantitative estimate of drug-likeness (QED) is 0.497. The maximum Gasteiger partial charge on any atom is 0.335 e. The predicted molar refractivity (Wildman–Crippen MR) is 113 cm³/mol. The van der Waals surface area contributed by atoms with Gasteiger partial charge in [-0.2, -0.15) is 0 Å². The third-order valence-corrected chi connectivity index (χ3v) is 4.85. The molecule has 1 aromatic heterocycles. The van der Waals surface area contributed by atoms with Gasteiger partial charge in [0.2, 0.25) is 0 Å². The number of imidazole rings is 1. The van der Waals surface area contributed by atoms with Crippen LogP contribution in [0.1, 0.15) is 34.2 Å². The molecule has 0 unspecified atom stereocenters. The second kappa shape index (κ2) is 8.19. The van der Waals surface area contributed by atoms with Crippen LogP contribution in [-0.4, -0.2) is 27.2 Å². The van der Waals surface area contributed by atoms with E-state index in [1.54, 1.807) is 12.1 Å². The molecule has 0 aliphatic carbocycles. The molecule has 0 saturated carbocycles. The molecule has 146 valence electrons. The van der Waals surface area contributed by atoms with Crippen molar-refractivity contribution in [2.45, 2.75) is 19.9 Å². The van der Waals surface area contributed by atoms with E-state index in [1.807, 2.05) is 55.5 Å². The number of aromatic nitrogens is 2. The van der Waals surface area contributed by atoms with Crippen molar-refractivity contribution in [3.8, 4) is 5.75 Å². The zero-order valence-electron chi connectivity index (χ0n) is 16.2. The van der Waals surface area contributed by atoms with Crippen LogP contribution in [0.3, 0.4) is 0 Å². The molecule has 0 radical (unpaired) electrons. The van der Waals surface area contributed by atoms with Crippen LogP contribution in [0.2, 0.25) is 0 Å². The van der Waals surface area contributed by atoms with E-state index in [1.165, 1.54) is 5.56 Å². The molecule has 1 N–H and O–H groups in total. The maximum absolute atomic E-state index is 11.4. The van der Waals surface area contributed by atoms with Crippen molar-refractivity contribution in [3.63, 3.8) is 0 Å². The Balaban J connectivity index is 1.73. The number of rotatable bonds is 7. The summed E-state index contributed by atoms with van der Waals surface area (Å²) < 4.78 is 7.68. The van der Waals surface area contributed by atoms with Gasteiger partial charge < -0.3 is 14.4 Å². The molecule has 4 rings (SSSR count). The molecule has 5 nitrogen and oxygen atoms in total. The lowest BCUT2D eigenvalue weighted by Crippen LogP contribution is -2.06. The lowest BCUT2D eigenvalue weighted by Gasteiger charge is -2.10. The summed E-state index contributed by atoms with van der Waals surface area (Å²) in [6.07, 6.45) is 0.649. The van der Waals surface area contributed by atoms with Gasteiger partial charge in [0.1, 0.15) is 11.6 Å². The SMILES string of the molecule is CCOc1ccc(Cc2nc3cc(C(=O)O)ccc3n2Cc2ccccc2)cc1. The van der Waals surface area contributed by atoms with Crippen LogP contribution in [0.4, 0.5) is 0 Å². The molecule has 5 heteroatoms. The third kappa shape index (κ3) is 4.14. The van der Waals surface area contributed by atoms with E-state index >= 15 is 0 Å². The van der Waals surface area contributed by atoms with Crippen molar-refractivity contribution >= 4 is 17.0 Å². The predicted octanol–water partition coefficient (Wildman–Crippen LogP) is 4.77. The normalized spacial score (nSPS) is 10.9. The highest BCUT2D eigenvalue weighted by Gasteiger charge is 2.14. The Kier molecular flexibility index (Phi) is 5.29. The van der Waals surface area contributed by atoms with Crippen molar-refractivity contribution in [2.24, 2.45) is 0 Å². The molecular weight excluding hydrogens is 364 g/mol. The van der Waals surface area contributed by atoms with Crippen molar-refractivity contribution in [3.05, 3.63) is 95.3 Å². The van der Waals surface area contributed by atoms with Gasteiger partial charge in [-0.3, -0.25) is 0 Å². The monoisotopic (exact) mass is 386 g/mol. The topological polar surface area (TPSA) is 64.3 Å². The van der Waals surface area contributed by atoms with Crippen LogP contribution in [-0.2, 0) is 13.0 Å². The zero-order chi connectivity index (χ0) is 20.2. The lowest BCUT2D eigenvalue weighted by molar-refractivity contribution is 0.0697. The number of carbonyl (C=O) groups is 1. The minimum Gasteiger partial charge on any atom is -0.494 e. The van der Waals surface area contributed by atoms with E-state index in [0.29, 0.717) is 25.1 Å². The molecule has 0 fully saturated rings. The van der Waals surface area contributed by atoms with Crippen LogP contribution >= 0.6 is 0 Å². The van der Waals surface area contributed by atoms with E-state index in [-0.39, 0.29) is 5.56 Å². The van der Waals surface area contributed by atoms with Gasteiger partial charge in [-0.15, -0.1) is 0 Å². The van der Waals surface area contributed by atoms with E-state index < -0.39 is 5.97 Å². The number of fused-ring (bicyclic) bond motifs is 1. The van der Waals surface area contributed by atoms with Crippen LogP contribution in [0.25, 0.3) is 11.0 Å². The fraction of sp³-hybridized carbons (Fsp3) is 0.167. The highest BCUT2D eigenvalue weighted by molar-refractivity contribution is 5.92. The highest BCUT2D eigenvalue weighted by Crippen LogP contribution is 2.23. The van der Waals surface area contributed by atoms with Gasteiger partial charge >= 0.3 is 5.97 Å². The Morgan fingerprint density at radius 2 is 1.76 bits per heavy atom. The first-order chi connectivity index (χ1) is 14.1. The Morgan fingerprint density at radius 1 is 1.00 bits per heavy atom. The van der Waals surface area contributed by atoms with E-state index in [2.05, 4.69) is 16.7 Å². The summed E-state index contributed by atoms with van der Waals surface area (Å²) in [5, 5.41) is 9.31. The minimum absolute atomic E-state index is 0.245. The fourth-order valence-electron chi connectivity index (χ4n) is 3.44. The summed E-state index contributed by atoms with van der Waals surface area (Å²) in [6.45, 7) is 3.28. The summed E-state index contributed by atoms with van der Waals surface area (Å²) in [6, 6.07) is 23.3. The smallest absolute Gasteiger partial charge is 0.335 e. The molecule has 29 heavy (non-hydrogen) atoms. The molecule has 1 heterocycles. The third-order valence-electron chi connectivity index (χ3n) is 4.85. The maximum atomic E-state index is 11.4. The Labute approximate surface area is 169 Å². The largest absolute Gasteiger partial charge is 0.494 e. The molecule has 0 bridgehead atoms. The molecule has 0 atom stereocenters. The number of aromatic carboxylic acids is 1. The molecule has 0 spiro atoms. The number of hydrogen-bond donors (Lipinski definition) is 1. The number of hydrogen-bond acceptors (Lipinski definition) is 3. The summed E-state index contributed by atoms with van der Waals surface area (Å²) in [7, 11) is 0. The second-order valence-electron chi connectivity index (χ2n) is 6.86. The molecule has 0 aliphatic rings. The van der Waals surface area contributed by atoms with Crippen molar-refractivity contribution in [2.75, 3.05) is 6.61 Å². The summed E-state index contributed by atoms with van der Waals surface area (Å²) in [4.78, 5) is 16.1. The number of benzene rings is 3. The Bertz CT molecular complexity index is 1130. The number of ether oxygens (including phenoxy) is 1. The molecule has 0 saturated heterocycles. The van der Waals surface area contributed by atoms with Crippen LogP contribution < -0.4 is 4.74 Å². The standard InChI is InChI=1S/C24H22N2O3/c1-2-29-20-11-8-17(9-12-20)14-23-25-21-15-19(24(27)28)10-13-22(21)26(23)16-18-6-4-3-5-7-18/h3-13,15H,2,14,16H2,1H3,(H,27,28). The zero-order valence-corrected chi connectivity index (χ0v) is 16.2. The average Bonchev–Trinajstić information content (AvgIpc) is 3.06. The fourth-order valence-corrected chi connectivity index (χ4v) is 3.44. The highest BCUT2D eigenvalue weighted by atomic mass is 16.5. The average molecular weight is 386 g/mol. The first-order valence-electron chi connectivity index (χ1n) is 9.62. The van der Waals surface area contributed by atoms with E-state index in [9.17, 15) is 9.90 Å². The van der Waals surface area contributed by atoms with Crippen LogP contribution in [0.5, 0.6) is 5.75 Å². The molecule has 0 amide bonds. The summed E-state index contributed by atoms with van der Waals surface area (Å²) in [5.41, 5.74) is 4.16. The minimum atomic E-state index is -0.947. The van der Waals surface area contributed by atoms with Gasteiger partial charge in [-0.1, -0.05) is 42.5 Å². The van der Waals surface area contributed by atoms with E-state index in [0.717, 1.165) is 22.7 Å². The summed E-state index contributed by atoms with van der Waals surface area (Å²) >= 11 is 0. The van der Waals surface area contributed by atoms with Crippen LogP contribution in [0, 0.1) is 0 Å². The van der Waals surface area contributed by atoms with Gasteiger partial charge in [-0.05, 0) is 48.4 Å². The lowest BCUT2D eigenvalue weighted by atomic mass is 10.1. The van der Waals surface area contributed by atoms with Gasteiger partial charge in [0, 0.05) is 13.0 Å². The van der Waals surface area contributed by atoms with Gasteiger partial charge in [0.05, 0.1) is 23.2 Å². The van der Waals surface area contributed by atoms with Crippen molar-refractivity contribution in [1.82, 2.24) is 9.55 Å². The Hall–Kier alpha value is -3.60. The van der Waals surface area contributed by atoms with Crippen molar-refractivity contribution < 1.29 is 14.6 Å². The van der Waals surface area contributed by atoms with Crippen LogP contribution in [0.15, 0.2) is 72.8 Å². The molecule has 3 aromatic carbocycles. The van der Waals surface area contributed by atoms with Gasteiger partial charge in [-0.25, -0.2) is 9.78 Å². The molecule has 4 aromatic rings. The number of carboxylic acids is 1. The molecule has 0 aliphatic heterocycles. The first kappa shape index (κ1) is 18.7. The van der Waals surface area contributed by atoms with Crippen molar-refractivity contribution in [1.29, 1.82) is 0 Å². The summed E-state index contributed by atoms with van der Waals surface area (Å²) in [5.74, 6) is 0.799. The van der Waals surface area contributed by atoms with Gasteiger partial charge in [0.15, 0.2) is 0 Å². The van der Waals surface area contributed by atoms with E-state index in [4.69, 9.17) is 9.72 Å².